The van der Waals surface area contributed by atoms with E-state index in [4.69, 9.17) is 9.31 Å². The first-order valence-electron chi connectivity index (χ1n) is 11.4. The molecular formula is C22H37BO3. The van der Waals surface area contributed by atoms with E-state index in [-0.39, 0.29) is 18.6 Å². The number of rotatable bonds is 1. The maximum atomic E-state index is 11.8. The van der Waals surface area contributed by atoms with Gasteiger partial charge in [-0.15, -0.1) is 0 Å². The quantitative estimate of drug-likeness (QED) is 0.690. The van der Waals surface area contributed by atoms with Crippen LogP contribution in [0.15, 0.2) is 0 Å². The zero-order chi connectivity index (χ0) is 18.2. The zero-order valence-electron chi connectivity index (χ0n) is 17.0. The predicted octanol–water partition coefficient (Wildman–Crippen LogP) is 4.68. The summed E-state index contributed by atoms with van der Waals surface area (Å²) in [7, 11) is -0.167. The Hall–Kier alpha value is -0.0551. The molecule has 0 aromatic carbocycles. The summed E-state index contributed by atoms with van der Waals surface area (Å²) in [6.07, 6.45) is 13.1. The second-order valence-electron chi connectivity index (χ2n) is 10.8. The van der Waals surface area contributed by atoms with Crippen molar-refractivity contribution in [1.29, 1.82) is 0 Å². The van der Waals surface area contributed by atoms with Gasteiger partial charge in [-0.1, -0.05) is 26.7 Å². The Morgan fingerprint density at radius 1 is 0.923 bits per heavy atom. The van der Waals surface area contributed by atoms with Crippen LogP contribution in [0.2, 0.25) is 6.82 Å². The molecule has 0 aromatic heterocycles. The molecule has 5 aliphatic rings. The van der Waals surface area contributed by atoms with Crippen molar-refractivity contribution in [2.45, 2.75) is 96.6 Å². The SMILES string of the molecule is CB1OC[C@H]([C@@]2(O)CCC3C4CC[C@H]5CCCC[C@]5(C)C4CC[C@@]32C)O1. The highest BCUT2D eigenvalue weighted by molar-refractivity contribution is 6.43. The zero-order valence-corrected chi connectivity index (χ0v) is 17.0. The van der Waals surface area contributed by atoms with Crippen molar-refractivity contribution in [1.82, 2.24) is 0 Å². The molecule has 0 aromatic rings. The van der Waals surface area contributed by atoms with Crippen molar-refractivity contribution in [3.63, 3.8) is 0 Å². The molecule has 4 heteroatoms. The Bertz CT molecular complexity index is 570. The van der Waals surface area contributed by atoms with Gasteiger partial charge in [0.05, 0.1) is 18.3 Å². The average molecular weight is 360 g/mol. The molecule has 0 amide bonds. The lowest BCUT2D eigenvalue weighted by Crippen LogP contribution is -2.60. The van der Waals surface area contributed by atoms with Gasteiger partial charge in [0.15, 0.2) is 0 Å². The first-order valence-corrected chi connectivity index (χ1v) is 11.4. The molecule has 5 rings (SSSR count). The van der Waals surface area contributed by atoms with Crippen LogP contribution in [0.1, 0.15) is 78.1 Å². The van der Waals surface area contributed by atoms with Crippen LogP contribution in [0.3, 0.4) is 0 Å². The molecule has 146 valence electrons. The first-order chi connectivity index (χ1) is 12.4. The Morgan fingerprint density at radius 3 is 2.50 bits per heavy atom. The molecule has 0 spiro atoms. The van der Waals surface area contributed by atoms with E-state index in [1.807, 2.05) is 6.82 Å². The molecule has 0 bridgehead atoms. The van der Waals surface area contributed by atoms with Crippen LogP contribution in [-0.4, -0.2) is 30.5 Å². The largest absolute Gasteiger partial charge is 0.453 e. The van der Waals surface area contributed by atoms with Crippen LogP contribution in [0, 0.1) is 34.5 Å². The van der Waals surface area contributed by atoms with Gasteiger partial charge in [-0.3, -0.25) is 0 Å². The van der Waals surface area contributed by atoms with Gasteiger partial charge >= 0.3 is 7.12 Å². The van der Waals surface area contributed by atoms with Crippen molar-refractivity contribution in [3.8, 4) is 0 Å². The van der Waals surface area contributed by atoms with Gasteiger partial charge in [0.25, 0.3) is 0 Å². The molecule has 4 saturated carbocycles. The highest BCUT2D eigenvalue weighted by atomic mass is 16.6. The second-order valence-corrected chi connectivity index (χ2v) is 10.8. The topological polar surface area (TPSA) is 38.7 Å². The van der Waals surface area contributed by atoms with Crippen LogP contribution in [0.4, 0.5) is 0 Å². The van der Waals surface area contributed by atoms with Gasteiger partial charge in [0, 0.05) is 5.41 Å². The summed E-state index contributed by atoms with van der Waals surface area (Å²) >= 11 is 0. The summed E-state index contributed by atoms with van der Waals surface area (Å²) in [4.78, 5) is 0. The fraction of sp³-hybridized carbons (Fsp3) is 1.00. The summed E-state index contributed by atoms with van der Waals surface area (Å²) in [5.41, 5.74) is -0.119. The van der Waals surface area contributed by atoms with Gasteiger partial charge in [0.1, 0.15) is 0 Å². The predicted molar refractivity (Wildman–Crippen MR) is 104 cm³/mol. The van der Waals surface area contributed by atoms with E-state index < -0.39 is 5.60 Å². The van der Waals surface area contributed by atoms with Gasteiger partial charge in [-0.25, -0.2) is 0 Å². The van der Waals surface area contributed by atoms with Gasteiger partial charge in [-0.2, -0.15) is 0 Å². The summed E-state index contributed by atoms with van der Waals surface area (Å²) in [5, 5.41) is 11.8. The summed E-state index contributed by atoms with van der Waals surface area (Å²) in [5.74, 6) is 3.35. The van der Waals surface area contributed by atoms with Gasteiger partial charge in [-0.05, 0) is 87.3 Å². The average Bonchev–Trinajstić information content (AvgIpc) is 3.17. The minimum absolute atomic E-state index is 0.00408. The Morgan fingerprint density at radius 2 is 1.73 bits per heavy atom. The molecule has 1 aliphatic heterocycles. The summed E-state index contributed by atoms with van der Waals surface area (Å²) in [6, 6.07) is 0. The summed E-state index contributed by atoms with van der Waals surface area (Å²) in [6.45, 7) is 7.55. The third-order valence-corrected chi connectivity index (χ3v) is 10.2. The van der Waals surface area contributed by atoms with Crippen LogP contribution in [-0.2, 0) is 9.31 Å². The monoisotopic (exact) mass is 360 g/mol. The molecule has 0 radical (unpaired) electrons. The highest BCUT2D eigenvalue weighted by Gasteiger charge is 2.67. The fourth-order valence-corrected chi connectivity index (χ4v) is 8.66. The van der Waals surface area contributed by atoms with E-state index in [0.717, 1.165) is 24.2 Å². The molecule has 5 fully saturated rings. The Labute approximate surface area is 159 Å². The third-order valence-electron chi connectivity index (χ3n) is 10.2. The van der Waals surface area contributed by atoms with E-state index in [1.165, 1.54) is 57.8 Å². The first kappa shape index (κ1) is 18.0. The third kappa shape index (κ3) is 2.24. The van der Waals surface area contributed by atoms with Crippen molar-refractivity contribution in [3.05, 3.63) is 0 Å². The molecule has 1 N–H and O–H groups in total. The smallest absolute Gasteiger partial charge is 0.409 e. The molecule has 1 heterocycles. The van der Waals surface area contributed by atoms with E-state index in [0.29, 0.717) is 17.9 Å². The van der Waals surface area contributed by atoms with E-state index in [1.54, 1.807) is 0 Å². The van der Waals surface area contributed by atoms with E-state index in [9.17, 15) is 5.11 Å². The van der Waals surface area contributed by atoms with Crippen molar-refractivity contribution in [2.24, 2.45) is 34.5 Å². The van der Waals surface area contributed by atoms with Crippen molar-refractivity contribution < 1.29 is 14.4 Å². The number of hydrogen-bond acceptors (Lipinski definition) is 3. The highest BCUT2D eigenvalue weighted by Crippen LogP contribution is 2.69. The number of aliphatic hydroxyl groups is 1. The normalized spacial score (nSPS) is 56.8. The van der Waals surface area contributed by atoms with Crippen molar-refractivity contribution in [2.75, 3.05) is 6.61 Å². The minimum atomic E-state index is -0.697. The summed E-state index contributed by atoms with van der Waals surface area (Å²) < 4.78 is 11.7. The standard InChI is InChI=1S/C22H37BO3/c1-20-11-5-4-6-15(20)7-8-16-17(20)9-12-21(2)18(16)10-13-22(21,24)19-14-25-23(3)26-19/h15-19,24H,4-14H2,1-3H3/t15-,16?,17?,18?,19-,20+,21+,22+/m1/s1. The lowest BCUT2D eigenvalue weighted by molar-refractivity contribution is -0.179. The second kappa shape index (κ2) is 5.97. The molecule has 8 atom stereocenters. The maximum Gasteiger partial charge on any atom is 0.453 e. The Kier molecular flexibility index (Phi) is 4.13. The number of hydrogen-bond donors (Lipinski definition) is 1. The van der Waals surface area contributed by atoms with Crippen molar-refractivity contribution >= 4 is 7.12 Å². The van der Waals surface area contributed by atoms with Gasteiger partial charge < -0.3 is 14.4 Å². The van der Waals surface area contributed by atoms with Crippen LogP contribution < -0.4 is 0 Å². The fourth-order valence-electron chi connectivity index (χ4n) is 8.66. The van der Waals surface area contributed by atoms with Crippen LogP contribution >= 0.6 is 0 Å². The molecule has 3 nitrogen and oxygen atoms in total. The Balaban J connectivity index is 1.43. The van der Waals surface area contributed by atoms with Crippen LogP contribution in [0.25, 0.3) is 0 Å². The molecular weight excluding hydrogens is 323 g/mol. The van der Waals surface area contributed by atoms with E-state index >= 15 is 0 Å². The lowest BCUT2D eigenvalue weighted by atomic mass is 9.44. The maximum absolute atomic E-state index is 11.8. The van der Waals surface area contributed by atoms with Crippen LogP contribution in [0.5, 0.6) is 0 Å². The lowest BCUT2D eigenvalue weighted by Gasteiger charge is -2.61. The molecule has 26 heavy (non-hydrogen) atoms. The number of fused-ring (bicyclic) bond motifs is 5. The molecule has 1 saturated heterocycles. The van der Waals surface area contributed by atoms with E-state index in [2.05, 4.69) is 13.8 Å². The minimum Gasteiger partial charge on any atom is -0.409 e. The molecule has 3 unspecified atom stereocenters. The molecule has 4 aliphatic carbocycles. The van der Waals surface area contributed by atoms with Gasteiger partial charge in [0.2, 0.25) is 0 Å².